The van der Waals surface area contributed by atoms with Crippen LogP contribution < -0.4 is 0 Å². The van der Waals surface area contributed by atoms with Crippen molar-refractivity contribution in [3.8, 4) is 0 Å². The summed E-state index contributed by atoms with van der Waals surface area (Å²) in [5.41, 5.74) is 1.65. The summed E-state index contributed by atoms with van der Waals surface area (Å²) in [7, 11) is 0. The van der Waals surface area contributed by atoms with Gasteiger partial charge in [0.15, 0.2) is 0 Å². The minimum atomic E-state index is -5.08. The Balaban J connectivity index is 0.000000479. The fraction of sp³-hybridized carbons (Fsp3) is 0.667. The highest BCUT2D eigenvalue weighted by molar-refractivity contribution is 5.94. The van der Waals surface area contributed by atoms with Crippen LogP contribution in [0.5, 0.6) is 0 Å². The third-order valence-corrected chi connectivity index (χ3v) is 8.06. The van der Waals surface area contributed by atoms with Gasteiger partial charge in [0, 0.05) is 56.8 Å². The Morgan fingerprint density at radius 3 is 2.19 bits per heavy atom. The first-order valence-electron chi connectivity index (χ1n) is 12.9. The molecule has 1 unspecified atom stereocenters. The standard InChI is InChI=1S/C25H37N3O2.C2HF3O2/c1-5-27-14-11-25(23(27)30)18-26(16-19(2)3)17-24(25)9-12-28(13-10-24)22(29)21-8-6-7-20(4)15-21;3-2(4,5)1(6)7/h6-8,15,19H,5,9-14,16-18H2,1-4H3;(H,6,7). The number of likely N-dealkylation sites (tertiary alicyclic amines) is 3. The molecule has 3 saturated heterocycles. The van der Waals surface area contributed by atoms with Gasteiger partial charge >= 0.3 is 12.1 Å². The first-order valence-corrected chi connectivity index (χ1v) is 12.9. The number of aryl methyl sites for hydroxylation is 1. The second kappa shape index (κ2) is 11.0. The van der Waals surface area contributed by atoms with Gasteiger partial charge in [-0.25, -0.2) is 4.79 Å². The van der Waals surface area contributed by atoms with Gasteiger partial charge in [0.2, 0.25) is 5.91 Å². The van der Waals surface area contributed by atoms with E-state index in [1.807, 2.05) is 36.1 Å². The summed E-state index contributed by atoms with van der Waals surface area (Å²) in [6, 6.07) is 7.88. The molecule has 3 heterocycles. The molecule has 0 aromatic heterocycles. The molecule has 0 saturated carbocycles. The molecule has 3 fully saturated rings. The van der Waals surface area contributed by atoms with Crippen LogP contribution in [0.25, 0.3) is 0 Å². The summed E-state index contributed by atoms with van der Waals surface area (Å²) in [6.45, 7) is 14.8. The van der Waals surface area contributed by atoms with Crippen LogP contribution in [0.2, 0.25) is 0 Å². The molecule has 1 atom stereocenters. The number of halogens is 3. The second-order valence-corrected chi connectivity index (χ2v) is 11.0. The van der Waals surface area contributed by atoms with Crippen LogP contribution in [0.4, 0.5) is 13.2 Å². The Bertz CT molecular complexity index is 1000. The molecule has 7 nitrogen and oxygen atoms in total. The van der Waals surface area contributed by atoms with E-state index in [-0.39, 0.29) is 16.7 Å². The smallest absolute Gasteiger partial charge is 0.475 e. The average molecular weight is 526 g/mol. The Morgan fingerprint density at radius 1 is 1.08 bits per heavy atom. The highest BCUT2D eigenvalue weighted by Crippen LogP contribution is 2.58. The number of benzene rings is 1. The van der Waals surface area contributed by atoms with Crippen LogP contribution in [0.15, 0.2) is 24.3 Å². The number of carbonyl (C=O) groups is 3. The number of carboxylic acid groups (broad SMARTS) is 1. The van der Waals surface area contributed by atoms with Crippen molar-refractivity contribution < 1.29 is 32.7 Å². The van der Waals surface area contributed by atoms with Gasteiger partial charge in [-0.2, -0.15) is 13.2 Å². The van der Waals surface area contributed by atoms with Gasteiger partial charge in [0.05, 0.1) is 5.41 Å². The van der Waals surface area contributed by atoms with Crippen LogP contribution >= 0.6 is 0 Å². The molecule has 2 amide bonds. The number of alkyl halides is 3. The molecule has 3 aliphatic heterocycles. The lowest BCUT2D eigenvalue weighted by atomic mass is 9.60. The number of hydrogen-bond donors (Lipinski definition) is 1. The van der Waals surface area contributed by atoms with E-state index in [1.165, 1.54) is 0 Å². The molecule has 1 aromatic rings. The molecule has 1 N–H and O–H groups in total. The van der Waals surface area contributed by atoms with E-state index in [0.29, 0.717) is 11.8 Å². The summed E-state index contributed by atoms with van der Waals surface area (Å²) < 4.78 is 31.7. The Kier molecular flexibility index (Phi) is 8.61. The van der Waals surface area contributed by atoms with Crippen molar-refractivity contribution in [1.29, 1.82) is 0 Å². The minimum Gasteiger partial charge on any atom is -0.475 e. The summed E-state index contributed by atoms with van der Waals surface area (Å²) >= 11 is 0. The minimum absolute atomic E-state index is 0.00623. The first kappa shape index (κ1) is 28.9. The zero-order valence-electron chi connectivity index (χ0n) is 22.1. The van der Waals surface area contributed by atoms with E-state index < -0.39 is 12.1 Å². The SMILES string of the molecule is CCN1CCC2(CN(CC(C)C)CC23CCN(C(=O)c2cccc(C)c2)CC3)C1=O.O=C(O)C(F)(F)F. The fourth-order valence-corrected chi connectivity index (χ4v) is 6.34. The van der Waals surface area contributed by atoms with Crippen molar-refractivity contribution in [1.82, 2.24) is 14.7 Å². The largest absolute Gasteiger partial charge is 0.490 e. The van der Waals surface area contributed by atoms with Crippen molar-refractivity contribution in [2.24, 2.45) is 16.7 Å². The quantitative estimate of drug-likeness (QED) is 0.641. The van der Waals surface area contributed by atoms with Gasteiger partial charge in [-0.1, -0.05) is 31.5 Å². The van der Waals surface area contributed by atoms with Crippen molar-refractivity contribution in [2.45, 2.75) is 53.1 Å². The summed E-state index contributed by atoms with van der Waals surface area (Å²) in [5, 5.41) is 7.12. The topological polar surface area (TPSA) is 81.2 Å². The van der Waals surface area contributed by atoms with Gasteiger partial charge in [-0.3, -0.25) is 9.59 Å². The Labute approximate surface area is 216 Å². The highest BCUT2D eigenvalue weighted by atomic mass is 19.4. The number of rotatable bonds is 4. The first-order chi connectivity index (χ1) is 17.2. The molecule has 10 heteroatoms. The molecule has 206 valence electrons. The molecule has 1 aromatic carbocycles. The van der Waals surface area contributed by atoms with E-state index in [4.69, 9.17) is 9.90 Å². The molecule has 0 bridgehead atoms. The predicted molar refractivity (Wildman–Crippen MR) is 133 cm³/mol. The van der Waals surface area contributed by atoms with E-state index >= 15 is 0 Å². The van der Waals surface area contributed by atoms with Gasteiger partial charge in [-0.15, -0.1) is 0 Å². The number of hydrogen-bond acceptors (Lipinski definition) is 4. The molecular weight excluding hydrogens is 487 g/mol. The maximum absolute atomic E-state index is 13.6. The van der Waals surface area contributed by atoms with Crippen molar-refractivity contribution in [2.75, 3.05) is 45.8 Å². The van der Waals surface area contributed by atoms with Crippen molar-refractivity contribution >= 4 is 17.8 Å². The lowest BCUT2D eigenvalue weighted by molar-refractivity contribution is -0.192. The molecule has 0 radical (unpaired) electrons. The zero-order valence-corrected chi connectivity index (χ0v) is 22.1. The van der Waals surface area contributed by atoms with Crippen LogP contribution in [0, 0.1) is 23.7 Å². The number of aliphatic carboxylic acids is 1. The number of carbonyl (C=O) groups excluding carboxylic acids is 2. The number of fused-ring (bicyclic) bond motifs is 1. The fourth-order valence-electron chi connectivity index (χ4n) is 6.34. The molecule has 4 rings (SSSR count). The maximum atomic E-state index is 13.6. The monoisotopic (exact) mass is 525 g/mol. The molecular formula is C27H38F3N3O4. The Morgan fingerprint density at radius 2 is 1.70 bits per heavy atom. The van der Waals surface area contributed by atoms with Crippen molar-refractivity contribution in [3.63, 3.8) is 0 Å². The van der Waals surface area contributed by atoms with Crippen LogP contribution in [0.1, 0.15) is 56.0 Å². The predicted octanol–water partition coefficient (Wildman–Crippen LogP) is 4.06. The van der Waals surface area contributed by atoms with E-state index in [9.17, 15) is 22.8 Å². The summed E-state index contributed by atoms with van der Waals surface area (Å²) in [4.78, 5) is 42.1. The van der Waals surface area contributed by atoms with Gasteiger partial charge in [0.1, 0.15) is 0 Å². The number of amides is 2. The third kappa shape index (κ3) is 5.94. The van der Waals surface area contributed by atoms with Crippen molar-refractivity contribution in [3.05, 3.63) is 35.4 Å². The molecule has 0 aliphatic carbocycles. The Hall–Kier alpha value is -2.62. The van der Waals surface area contributed by atoms with E-state index in [1.54, 1.807) is 0 Å². The molecule has 2 spiro atoms. The second-order valence-electron chi connectivity index (χ2n) is 11.0. The number of carboxylic acids is 1. The number of piperidine rings is 1. The van der Waals surface area contributed by atoms with Crippen LogP contribution in [-0.2, 0) is 9.59 Å². The molecule has 37 heavy (non-hydrogen) atoms. The van der Waals surface area contributed by atoms with Gasteiger partial charge < -0.3 is 19.8 Å². The summed E-state index contributed by atoms with van der Waals surface area (Å²) in [5.74, 6) is -1.66. The van der Waals surface area contributed by atoms with E-state index in [2.05, 4.69) is 30.6 Å². The lowest BCUT2D eigenvalue weighted by Gasteiger charge is -2.47. The van der Waals surface area contributed by atoms with Gasteiger partial charge in [-0.05, 0) is 51.2 Å². The van der Waals surface area contributed by atoms with E-state index in [0.717, 1.165) is 76.2 Å². The van der Waals surface area contributed by atoms with Crippen LogP contribution in [0.3, 0.4) is 0 Å². The maximum Gasteiger partial charge on any atom is 0.490 e. The molecule has 3 aliphatic rings. The van der Waals surface area contributed by atoms with Crippen LogP contribution in [-0.4, -0.2) is 89.6 Å². The zero-order chi connectivity index (χ0) is 27.6. The average Bonchev–Trinajstić information content (AvgIpc) is 3.30. The highest BCUT2D eigenvalue weighted by Gasteiger charge is 2.64. The third-order valence-electron chi connectivity index (χ3n) is 8.06. The lowest BCUT2D eigenvalue weighted by Crippen LogP contribution is -2.53. The van der Waals surface area contributed by atoms with Gasteiger partial charge in [0.25, 0.3) is 5.91 Å². The summed E-state index contributed by atoms with van der Waals surface area (Å²) in [6.07, 6.45) is -2.25. The normalized spacial score (nSPS) is 23.6. The number of nitrogens with zero attached hydrogens (tertiary/aromatic N) is 3.